The van der Waals surface area contributed by atoms with Gasteiger partial charge < -0.3 is 9.13 Å². The lowest BCUT2D eigenvalue weighted by Crippen LogP contribution is -2.11. The maximum absolute atomic E-state index is 15.2. The molecular formula is C55H56F3N3. The molecule has 0 spiro atoms. The molecule has 0 fully saturated rings. The highest BCUT2D eigenvalue weighted by Crippen LogP contribution is 2.50. The van der Waals surface area contributed by atoms with Crippen molar-refractivity contribution in [1.29, 1.82) is 0 Å². The number of hydrogen-bond donors (Lipinski definition) is 0. The summed E-state index contributed by atoms with van der Waals surface area (Å²) in [6, 6.07) is 34.0. The highest BCUT2D eigenvalue weighted by molar-refractivity contribution is 6.13. The van der Waals surface area contributed by atoms with Gasteiger partial charge in [-0.1, -0.05) is 126 Å². The lowest BCUT2D eigenvalue weighted by molar-refractivity contribution is -0.137. The molecular weight excluding hydrogens is 760 g/mol. The summed E-state index contributed by atoms with van der Waals surface area (Å²) in [6.07, 6.45) is -4.64. The Morgan fingerprint density at radius 2 is 0.852 bits per heavy atom. The molecule has 0 bridgehead atoms. The third-order valence-electron chi connectivity index (χ3n) is 12.5. The van der Waals surface area contributed by atoms with E-state index >= 15 is 13.2 Å². The fourth-order valence-electron chi connectivity index (χ4n) is 8.96. The fraction of sp³-hybridized carbons (Fsp3) is 0.327. The summed E-state index contributed by atoms with van der Waals surface area (Å²) in [5.41, 5.74) is 9.11. The molecule has 0 aliphatic carbocycles. The Labute approximate surface area is 358 Å². The predicted octanol–water partition coefficient (Wildman–Crippen LogP) is 16.6. The lowest BCUT2D eigenvalue weighted by Gasteiger charge is -2.24. The smallest absolute Gasteiger partial charge is 0.319 e. The number of aryl methyl sites for hydroxylation is 1. The van der Waals surface area contributed by atoms with E-state index in [2.05, 4.69) is 170 Å². The van der Waals surface area contributed by atoms with Crippen LogP contribution in [0, 0.1) is 13.5 Å². The zero-order valence-electron chi connectivity index (χ0n) is 37.8. The van der Waals surface area contributed by atoms with E-state index in [1.165, 1.54) is 17.2 Å². The molecule has 2 heterocycles. The number of aromatic nitrogens is 2. The first-order chi connectivity index (χ1) is 28.3. The van der Waals surface area contributed by atoms with Gasteiger partial charge in [0, 0.05) is 21.5 Å². The van der Waals surface area contributed by atoms with E-state index in [0.29, 0.717) is 22.5 Å². The summed E-state index contributed by atoms with van der Waals surface area (Å²) in [6.45, 7) is 37.2. The molecule has 6 heteroatoms. The molecule has 2 aromatic heterocycles. The summed E-state index contributed by atoms with van der Waals surface area (Å²) >= 11 is 0. The predicted molar refractivity (Wildman–Crippen MR) is 251 cm³/mol. The highest BCUT2D eigenvalue weighted by Gasteiger charge is 2.36. The van der Waals surface area contributed by atoms with E-state index in [-0.39, 0.29) is 32.9 Å². The van der Waals surface area contributed by atoms with Crippen molar-refractivity contribution in [2.45, 2.75) is 118 Å². The Morgan fingerprint density at radius 3 is 1.20 bits per heavy atom. The van der Waals surface area contributed by atoms with Crippen LogP contribution in [0.25, 0.3) is 71.0 Å². The van der Waals surface area contributed by atoms with E-state index in [4.69, 9.17) is 6.57 Å². The summed E-state index contributed by atoms with van der Waals surface area (Å²) in [5.74, 6) is 0. The van der Waals surface area contributed by atoms with Gasteiger partial charge in [0.15, 0.2) is 0 Å². The molecule has 8 aromatic rings. The van der Waals surface area contributed by atoms with Crippen LogP contribution in [0.2, 0.25) is 0 Å². The van der Waals surface area contributed by atoms with Gasteiger partial charge in [-0.3, -0.25) is 0 Å². The third kappa shape index (κ3) is 7.00. The molecule has 312 valence electrons. The second-order valence-corrected chi connectivity index (χ2v) is 21.0. The monoisotopic (exact) mass is 815 g/mol. The summed E-state index contributed by atoms with van der Waals surface area (Å²) < 4.78 is 49.8. The number of benzene rings is 6. The second-order valence-electron chi connectivity index (χ2n) is 21.0. The van der Waals surface area contributed by atoms with Crippen molar-refractivity contribution >= 4 is 49.3 Å². The zero-order chi connectivity index (χ0) is 44.4. The third-order valence-corrected chi connectivity index (χ3v) is 12.5. The minimum absolute atomic E-state index is 0.0703. The topological polar surface area (TPSA) is 14.2 Å². The molecule has 3 nitrogen and oxygen atoms in total. The van der Waals surface area contributed by atoms with E-state index in [1.807, 2.05) is 12.1 Å². The highest BCUT2D eigenvalue weighted by atomic mass is 19.4. The van der Waals surface area contributed by atoms with Crippen molar-refractivity contribution < 1.29 is 13.2 Å². The maximum atomic E-state index is 15.2. The summed E-state index contributed by atoms with van der Waals surface area (Å²) in [7, 11) is 0. The van der Waals surface area contributed by atoms with Crippen molar-refractivity contribution in [3.05, 3.63) is 148 Å². The summed E-state index contributed by atoms with van der Waals surface area (Å²) in [4.78, 5) is 4.37. The van der Waals surface area contributed by atoms with Crippen LogP contribution in [0.5, 0.6) is 0 Å². The van der Waals surface area contributed by atoms with Gasteiger partial charge in [0.1, 0.15) is 0 Å². The van der Waals surface area contributed by atoms with Crippen LogP contribution < -0.4 is 0 Å². The quantitative estimate of drug-likeness (QED) is 0.158. The Balaban J connectivity index is 1.60. The normalized spacial score (nSPS) is 13.2. The van der Waals surface area contributed by atoms with Gasteiger partial charge in [-0.05, 0) is 128 Å². The molecule has 6 aromatic carbocycles. The average Bonchev–Trinajstić information content (AvgIpc) is 3.66. The van der Waals surface area contributed by atoms with Gasteiger partial charge in [-0.15, -0.1) is 0 Å². The molecule has 0 unspecified atom stereocenters. The number of hydrogen-bond acceptors (Lipinski definition) is 0. The number of halogens is 3. The number of rotatable bonds is 3. The molecule has 0 radical (unpaired) electrons. The number of fused-ring (bicyclic) bond motifs is 6. The first kappa shape index (κ1) is 41.9. The molecule has 8 rings (SSSR count). The Morgan fingerprint density at radius 1 is 0.475 bits per heavy atom. The van der Waals surface area contributed by atoms with Crippen LogP contribution in [-0.2, 0) is 27.8 Å². The molecule has 0 saturated heterocycles. The van der Waals surface area contributed by atoms with Gasteiger partial charge >= 0.3 is 6.18 Å². The number of alkyl halides is 3. The van der Waals surface area contributed by atoms with Gasteiger partial charge in [0.25, 0.3) is 0 Å². The van der Waals surface area contributed by atoms with Crippen LogP contribution >= 0.6 is 0 Å². The van der Waals surface area contributed by atoms with Crippen LogP contribution in [0.3, 0.4) is 0 Å². The number of nitrogens with zero attached hydrogens (tertiary/aromatic N) is 3. The maximum Gasteiger partial charge on any atom is 0.417 e. The minimum Gasteiger partial charge on any atom is -0.319 e. The van der Waals surface area contributed by atoms with Gasteiger partial charge in [-0.25, -0.2) is 4.85 Å². The summed E-state index contributed by atoms with van der Waals surface area (Å²) in [5, 5.41) is 4.11. The standard InChI is InChI=1S/C55H56F3N3/c1-32-16-15-17-42(55(56,57)58)48(32)37-22-27-47(60-43-23-18-33(51(2,3)4)28-38(43)39-29-34(52(5,6)7)19-24-44(39)60)49(59-14)50(37)61-45-25-20-35(53(8,9)10)30-40(45)41-31-36(54(11,12)13)21-26-46(41)61/h15-31H,1-13H3. The van der Waals surface area contributed by atoms with E-state index < -0.39 is 11.7 Å². The second kappa shape index (κ2) is 13.9. The van der Waals surface area contributed by atoms with Crippen molar-refractivity contribution in [2.75, 3.05) is 0 Å². The average molecular weight is 816 g/mol. The van der Waals surface area contributed by atoms with Crippen LogP contribution in [0.1, 0.15) is 116 Å². The van der Waals surface area contributed by atoms with Crippen molar-refractivity contribution in [2.24, 2.45) is 0 Å². The Hall–Kier alpha value is -5.80. The minimum atomic E-state index is -4.64. The molecule has 0 amide bonds. The fourth-order valence-corrected chi connectivity index (χ4v) is 8.96. The molecule has 0 aliphatic heterocycles. The van der Waals surface area contributed by atoms with Gasteiger partial charge in [0.2, 0.25) is 5.69 Å². The molecule has 0 N–H and O–H groups in total. The van der Waals surface area contributed by atoms with Crippen molar-refractivity contribution in [3.8, 4) is 22.5 Å². The lowest BCUT2D eigenvalue weighted by atomic mass is 9.85. The SMILES string of the molecule is [C-]#[N+]c1c(-n2c3ccc(C(C)(C)C)cc3c3cc(C(C)(C)C)ccc32)ccc(-c2c(C)cccc2C(F)(F)F)c1-n1c2ccc(C(C)(C)C)cc2c2cc(C(C)(C)C)ccc21. The first-order valence-electron chi connectivity index (χ1n) is 21.2. The van der Waals surface area contributed by atoms with E-state index in [0.717, 1.165) is 60.8 Å². The zero-order valence-corrected chi connectivity index (χ0v) is 37.8. The molecule has 61 heavy (non-hydrogen) atoms. The van der Waals surface area contributed by atoms with E-state index in [9.17, 15) is 0 Å². The van der Waals surface area contributed by atoms with Gasteiger partial charge in [-0.2, -0.15) is 13.2 Å². The van der Waals surface area contributed by atoms with Gasteiger partial charge in [0.05, 0.1) is 45.6 Å². The van der Waals surface area contributed by atoms with Crippen LogP contribution in [-0.4, -0.2) is 9.13 Å². The molecule has 0 atom stereocenters. The largest absolute Gasteiger partial charge is 0.417 e. The Bertz CT molecular complexity index is 2970. The first-order valence-corrected chi connectivity index (χ1v) is 21.2. The van der Waals surface area contributed by atoms with E-state index in [1.54, 1.807) is 13.0 Å². The molecule has 0 saturated carbocycles. The Kier molecular flexibility index (Phi) is 9.52. The van der Waals surface area contributed by atoms with Crippen LogP contribution in [0.4, 0.5) is 18.9 Å². The van der Waals surface area contributed by atoms with Crippen LogP contribution in [0.15, 0.2) is 103 Å². The van der Waals surface area contributed by atoms with Crippen molar-refractivity contribution in [1.82, 2.24) is 9.13 Å². The van der Waals surface area contributed by atoms with Crippen molar-refractivity contribution in [3.63, 3.8) is 0 Å². The molecule has 0 aliphatic rings.